The molecule has 1 aromatic heterocycles. The zero-order valence-electron chi connectivity index (χ0n) is 11.8. The Kier molecular flexibility index (Phi) is 4.03. The summed E-state index contributed by atoms with van der Waals surface area (Å²) in [6, 6.07) is 11.3. The molecule has 1 atom stereocenters. The van der Waals surface area contributed by atoms with Crippen molar-refractivity contribution in [2.75, 3.05) is 13.1 Å². The number of primary amides is 1. The number of amides is 1. The molecule has 1 aromatic carbocycles. The monoisotopic (exact) mass is 336 g/mol. The van der Waals surface area contributed by atoms with E-state index in [0.29, 0.717) is 13.1 Å². The fourth-order valence-corrected chi connectivity index (χ4v) is 5.29. The summed E-state index contributed by atoms with van der Waals surface area (Å²) < 4.78 is 26.7. The minimum absolute atomic E-state index is 0.153. The molecule has 1 unspecified atom stereocenters. The van der Waals surface area contributed by atoms with E-state index in [9.17, 15) is 13.2 Å². The maximum Gasteiger partial charge on any atom is 0.258 e. The van der Waals surface area contributed by atoms with Gasteiger partial charge >= 0.3 is 0 Å². The molecule has 0 bridgehead atoms. The van der Waals surface area contributed by atoms with Crippen LogP contribution in [0.2, 0.25) is 0 Å². The highest BCUT2D eigenvalue weighted by Gasteiger charge is 2.33. The smallest absolute Gasteiger partial charge is 0.258 e. The number of sulfonamides is 1. The zero-order valence-corrected chi connectivity index (χ0v) is 13.4. The van der Waals surface area contributed by atoms with Gasteiger partial charge in [-0.3, -0.25) is 4.79 Å². The van der Waals surface area contributed by atoms with E-state index in [-0.39, 0.29) is 15.7 Å². The van der Waals surface area contributed by atoms with Gasteiger partial charge < -0.3 is 5.73 Å². The molecule has 1 aliphatic rings. The summed E-state index contributed by atoms with van der Waals surface area (Å²) in [7, 11) is -3.56. The van der Waals surface area contributed by atoms with Gasteiger partial charge in [-0.1, -0.05) is 30.3 Å². The van der Waals surface area contributed by atoms with Gasteiger partial charge in [0.05, 0.1) is 9.77 Å². The SMILES string of the molecule is NC(=O)c1cc(S(=O)(=O)N2CCC(c3ccccc3)C2)cs1. The molecular formula is C15H16N2O3S2. The number of benzene rings is 1. The van der Waals surface area contributed by atoms with Crippen LogP contribution in [0.1, 0.15) is 27.6 Å². The molecule has 0 saturated carbocycles. The predicted octanol–water partition coefficient (Wildman–Crippen LogP) is 2.03. The van der Waals surface area contributed by atoms with E-state index in [2.05, 4.69) is 0 Å². The Balaban J connectivity index is 1.80. The van der Waals surface area contributed by atoms with Crippen LogP contribution in [0.5, 0.6) is 0 Å². The van der Waals surface area contributed by atoms with Crippen molar-refractivity contribution in [2.24, 2.45) is 5.73 Å². The van der Waals surface area contributed by atoms with Gasteiger partial charge in [0.2, 0.25) is 10.0 Å². The second-order valence-corrected chi connectivity index (χ2v) is 8.12. The fourth-order valence-electron chi connectivity index (χ4n) is 2.68. The van der Waals surface area contributed by atoms with Gasteiger partial charge in [-0.15, -0.1) is 11.3 Å². The first-order valence-electron chi connectivity index (χ1n) is 6.92. The molecule has 1 aliphatic heterocycles. The summed E-state index contributed by atoms with van der Waals surface area (Å²) in [6.07, 6.45) is 0.802. The minimum atomic E-state index is -3.56. The number of thiophene rings is 1. The molecule has 2 N–H and O–H groups in total. The molecule has 0 radical (unpaired) electrons. The number of nitrogens with two attached hydrogens (primary N) is 1. The van der Waals surface area contributed by atoms with E-state index in [0.717, 1.165) is 23.3 Å². The van der Waals surface area contributed by atoms with Crippen LogP contribution in [-0.4, -0.2) is 31.7 Å². The highest BCUT2D eigenvalue weighted by Crippen LogP contribution is 2.32. The van der Waals surface area contributed by atoms with Crippen molar-refractivity contribution < 1.29 is 13.2 Å². The topological polar surface area (TPSA) is 80.5 Å². The maximum atomic E-state index is 12.6. The molecule has 2 heterocycles. The molecule has 1 amide bonds. The molecule has 0 aliphatic carbocycles. The lowest BCUT2D eigenvalue weighted by molar-refractivity contribution is 0.100. The fraction of sp³-hybridized carbons (Fsp3) is 0.267. The highest BCUT2D eigenvalue weighted by atomic mass is 32.2. The molecule has 7 heteroatoms. The van der Waals surface area contributed by atoms with Crippen molar-refractivity contribution in [3.05, 3.63) is 52.2 Å². The number of rotatable bonds is 4. The van der Waals surface area contributed by atoms with E-state index in [1.165, 1.54) is 15.8 Å². The Morgan fingerprint density at radius 3 is 2.64 bits per heavy atom. The van der Waals surface area contributed by atoms with Crippen molar-refractivity contribution >= 4 is 27.3 Å². The van der Waals surface area contributed by atoms with Crippen LogP contribution in [0, 0.1) is 0 Å². The number of nitrogens with zero attached hydrogens (tertiary/aromatic N) is 1. The van der Waals surface area contributed by atoms with Gasteiger partial charge in [-0.05, 0) is 24.0 Å². The quantitative estimate of drug-likeness (QED) is 0.927. The Hall–Kier alpha value is -1.70. The second kappa shape index (κ2) is 5.83. The van der Waals surface area contributed by atoms with Crippen molar-refractivity contribution in [2.45, 2.75) is 17.2 Å². The molecular weight excluding hydrogens is 320 g/mol. The van der Waals surface area contributed by atoms with Crippen LogP contribution in [-0.2, 0) is 10.0 Å². The van der Waals surface area contributed by atoms with Gasteiger partial charge in [0.1, 0.15) is 0 Å². The van der Waals surface area contributed by atoms with Crippen LogP contribution in [0.4, 0.5) is 0 Å². The van der Waals surface area contributed by atoms with Crippen LogP contribution >= 0.6 is 11.3 Å². The number of hydrogen-bond acceptors (Lipinski definition) is 4. The lowest BCUT2D eigenvalue weighted by atomic mass is 9.99. The maximum absolute atomic E-state index is 12.6. The van der Waals surface area contributed by atoms with Crippen LogP contribution in [0.15, 0.2) is 46.7 Å². The average molecular weight is 336 g/mol. The summed E-state index contributed by atoms with van der Waals surface area (Å²) in [5.74, 6) is -0.389. The van der Waals surface area contributed by atoms with Crippen molar-refractivity contribution in [3.8, 4) is 0 Å². The number of carbonyl (C=O) groups is 1. The normalized spacial score (nSPS) is 19.4. The van der Waals surface area contributed by atoms with Gasteiger partial charge in [-0.2, -0.15) is 4.31 Å². The van der Waals surface area contributed by atoms with Crippen molar-refractivity contribution in [1.29, 1.82) is 0 Å². The average Bonchev–Trinajstić information content (AvgIpc) is 3.18. The summed E-state index contributed by atoms with van der Waals surface area (Å²) in [4.78, 5) is 11.5. The van der Waals surface area contributed by atoms with Gasteiger partial charge in [0.15, 0.2) is 0 Å². The van der Waals surface area contributed by atoms with Crippen LogP contribution in [0.25, 0.3) is 0 Å². The standard InChI is InChI=1S/C15H16N2O3S2/c16-15(18)14-8-13(10-21-14)22(19,20)17-7-6-12(9-17)11-4-2-1-3-5-11/h1-5,8,10,12H,6-7,9H2,(H2,16,18). The molecule has 2 aromatic rings. The summed E-state index contributed by atoms with van der Waals surface area (Å²) in [5, 5.41) is 1.48. The predicted molar refractivity (Wildman–Crippen MR) is 85.4 cm³/mol. The third kappa shape index (κ3) is 2.79. The molecule has 1 saturated heterocycles. The summed E-state index contributed by atoms with van der Waals surface area (Å²) in [5.41, 5.74) is 6.34. The second-order valence-electron chi connectivity index (χ2n) is 5.27. The number of carbonyl (C=O) groups excluding carboxylic acids is 1. The largest absolute Gasteiger partial charge is 0.365 e. The number of hydrogen-bond donors (Lipinski definition) is 1. The van der Waals surface area contributed by atoms with Crippen LogP contribution in [0.3, 0.4) is 0 Å². The zero-order chi connectivity index (χ0) is 15.7. The van der Waals surface area contributed by atoms with E-state index < -0.39 is 15.9 Å². The molecule has 3 rings (SSSR count). The Bertz CT molecular complexity index is 784. The molecule has 5 nitrogen and oxygen atoms in total. The van der Waals surface area contributed by atoms with E-state index in [4.69, 9.17) is 5.73 Å². The van der Waals surface area contributed by atoms with Gasteiger partial charge in [0.25, 0.3) is 5.91 Å². The lowest BCUT2D eigenvalue weighted by Gasteiger charge is -2.15. The van der Waals surface area contributed by atoms with Gasteiger partial charge in [-0.25, -0.2) is 8.42 Å². The summed E-state index contributed by atoms with van der Waals surface area (Å²) >= 11 is 1.06. The third-order valence-electron chi connectivity index (χ3n) is 3.88. The first-order valence-corrected chi connectivity index (χ1v) is 9.24. The first kappa shape index (κ1) is 15.2. The molecule has 1 fully saturated rings. The third-order valence-corrected chi connectivity index (χ3v) is 6.81. The molecule has 0 spiro atoms. The van der Waals surface area contributed by atoms with Crippen LogP contribution < -0.4 is 5.73 Å². The highest BCUT2D eigenvalue weighted by molar-refractivity contribution is 7.89. The Morgan fingerprint density at radius 1 is 1.27 bits per heavy atom. The first-order chi connectivity index (χ1) is 10.5. The van der Waals surface area contributed by atoms with E-state index in [1.54, 1.807) is 0 Å². The van der Waals surface area contributed by atoms with Gasteiger partial charge in [0, 0.05) is 18.5 Å². The van der Waals surface area contributed by atoms with E-state index >= 15 is 0 Å². The molecule has 116 valence electrons. The summed E-state index contributed by atoms with van der Waals surface area (Å²) in [6.45, 7) is 0.956. The molecule has 22 heavy (non-hydrogen) atoms. The Morgan fingerprint density at radius 2 is 2.00 bits per heavy atom. The van der Waals surface area contributed by atoms with E-state index in [1.807, 2.05) is 30.3 Å². The lowest BCUT2D eigenvalue weighted by Crippen LogP contribution is -2.28. The minimum Gasteiger partial charge on any atom is -0.365 e. The van der Waals surface area contributed by atoms with Crippen molar-refractivity contribution in [3.63, 3.8) is 0 Å². The Labute approximate surface area is 133 Å². The van der Waals surface area contributed by atoms with Crippen molar-refractivity contribution in [1.82, 2.24) is 4.31 Å².